The van der Waals surface area contributed by atoms with Gasteiger partial charge in [-0.2, -0.15) is 6.67 Å². The van der Waals surface area contributed by atoms with Gasteiger partial charge < -0.3 is 19.6 Å². The van der Waals surface area contributed by atoms with E-state index in [1.165, 1.54) is 60.1 Å². The number of unbranched alkanes of at least 4 members (excludes halogenated alkanes) is 1. The van der Waals surface area contributed by atoms with Crippen molar-refractivity contribution in [2.45, 2.75) is 119 Å². The molecule has 4 nitrogen and oxygen atoms in total. The first kappa shape index (κ1) is 44.7. The van der Waals surface area contributed by atoms with Crippen molar-refractivity contribution < 1.29 is 29.3 Å². The van der Waals surface area contributed by atoms with Crippen molar-refractivity contribution in [3.63, 3.8) is 0 Å². The number of para-hydroxylation sites is 2. The molecule has 3 fully saturated rings. The molecule has 2 unspecified atom stereocenters. The number of anilines is 1. The zero-order valence-electron chi connectivity index (χ0n) is 34.4. The second-order valence-corrected chi connectivity index (χ2v) is 16.6. The molecule has 0 aromatic heterocycles. The minimum Gasteiger partial charge on any atom is -0.507 e. The molecule has 3 aromatic rings. The predicted octanol–water partition coefficient (Wildman–Crippen LogP) is 12.8. The Labute approximate surface area is 336 Å². The second-order valence-electron chi connectivity index (χ2n) is 16.6. The van der Waals surface area contributed by atoms with Crippen LogP contribution < -0.4 is 9.64 Å². The average molecular weight is 807 g/mol. The van der Waals surface area contributed by atoms with Gasteiger partial charge in [-0.1, -0.05) is 109 Å². The summed E-state index contributed by atoms with van der Waals surface area (Å²) in [5.74, 6) is 5.52. The van der Waals surface area contributed by atoms with Crippen LogP contribution >= 0.6 is 0 Å². The van der Waals surface area contributed by atoms with Gasteiger partial charge in [0, 0.05) is 18.8 Å². The standard InChI is InChI=1S/C31H47N2.C13H12O.C4H10O.Ru/c1-9-27(21(2)3)17-29-24(7)10-11-28(22(4)5)30(29)32-12-13-33(20-32)31(8)18-25-14-23(6)15-26(16-25)19-31;1-11-7-5-6-10-13(11)14-12-8-3-2-4-9-12;1-2-3-4-5;/h9-11,17,20-23,25-26H,1,12-16,18-19H2,2-8H3;2-10H,1H3;5H,2-4H2,1H3;/q-1;;;+1/b27-17+;;;. The summed E-state index contributed by atoms with van der Waals surface area (Å²) in [7, 11) is 0. The Morgan fingerprint density at radius 1 is 0.925 bits per heavy atom. The van der Waals surface area contributed by atoms with Crippen molar-refractivity contribution in [2.24, 2.45) is 23.7 Å². The molecular weight excluding hydrogens is 738 g/mol. The summed E-state index contributed by atoms with van der Waals surface area (Å²) in [6.45, 7) is 29.7. The number of allylic oxidation sites excluding steroid dienone is 2. The van der Waals surface area contributed by atoms with E-state index in [9.17, 15) is 0 Å². The van der Waals surface area contributed by atoms with Crippen molar-refractivity contribution in [3.8, 4) is 11.5 Å². The molecule has 3 aromatic carbocycles. The van der Waals surface area contributed by atoms with E-state index in [2.05, 4.69) is 96.6 Å². The van der Waals surface area contributed by atoms with E-state index < -0.39 is 0 Å². The van der Waals surface area contributed by atoms with Crippen LogP contribution in [0.2, 0.25) is 0 Å². The van der Waals surface area contributed by atoms with Crippen LogP contribution in [0.1, 0.15) is 122 Å². The molecule has 1 N–H and O–H groups in total. The van der Waals surface area contributed by atoms with E-state index in [4.69, 9.17) is 9.84 Å². The number of ether oxygens (including phenoxy) is 1. The number of aryl methyl sites for hydroxylation is 2. The number of benzene rings is 3. The van der Waals surface area contributed by atoms with Crippen LogP contribution in [0.3, 0.4) is 0 Å². The minimum atomic E-state index is 0. The normalized spacial score (nSPS) is 22.7. The molecule has 291 valence electrons. The SMILES string of the molecule is C=C/C(=C\c1c(C)ccc(C(C)C)c1N1[CH-]N(C2(C)CC3CC(C)CC(C3)C2)CC1)C(C)C.CCCCO.Cc1ccccc1Oc1ccccc1.[Ru+]. The van der Waals surface area contributed by atoms with Crippen molar-refractivity contribution >= 4 is 11.8 Å². The summed E-state index contributed by atoms with van der Waals surface area (Å²) in [4.78, 5) is 5.30. The fraction of sp³-hybridized carbons (Fsp3) is 0.521. The smallest absolute Gasteiger partial charge is 0.507 e. The number of nitrogens with zero attached hydrogens (tertiary/aromatic N) is 2. The summed E-state index contributed by atoms with van der Waals surface area (Å²) in [6.07, 6.45) is 13.6. The predicted molar refractivity (Wildman–Crippen MR) is 224 cm³/mol. The van der Waals surface area contributed by atoms with E-state index >= 15 is 0 Å². The van der Waals surface area contributed by atoms with Crippen LogP contribution in [-0.2, 0) is 19.5 Å². The number of fused-ring (bicyclic) bond motifs is 2. The maximum absolute atomic E-state index is 8.07. The van der Waals surface area contributed by atoms with E-state index in [1.54, 1.807) is 0 Å². The Balaban J connectivity index is 0.000000312. The van der Waals surface area contributed by atoms with Crippen LogP contribution in [0.5, 0.6) is 11.5 Å². The third-order valence-electron chi connectivity index (χ3n) is 11.3. The van der Waals surface area contributed by atoms with Crippen molar-refractivity contribution in [1.29, 1.82) is 0 Å². The van der Waals surface area contributed by atoms with Crippen molar-refractivity contribution in [2.75, 3.05) is 24.6 Å². The summed E-state index contributed by atoms with van der Waals surface area (Å²) >= 11 is 0. The average Bonchev–Trinajstić information content (AvgIpc) is 3.60. The van der Waals surface area contributed by atoms with E-state index in [0.717, 1.165) is 60.7 Å². The third kappa shape index (κ3) is 12.4. The number of aliphatic hydroxyl groups is 1. The summed E-state index contributed by atoms with van der Waals surface area (Å²) in [5, 5.41) is 8.07. The second kappa shape index (κ2) is 21.4. The Bertz CT molecular complexity index is 1560. The summed E-state index contributed by atoms with van der Waals surface area (Å²) in [5.41, 5.74) is 8.38. The monoisotopic (exact) mass is 807 g/mol. The first-order chi connectivity index (χ1) is 24.9. The number of hydrogen-bond donors (Lipinski definition) is 1. The molecule has 3 aliphatic rings. The maximum Gasteiger partial charge on any atom is 1.00 e. The topological polar surface area (TPSA) is 35.9 Å². The Morgan fingerprint density at radius 3 is 2.11 bits per heavy atom. The Morgan fingerprint density at radius 2 is 1.57 bits per heavy atom. The van der Waals surface area contributed by atoms with Gasteiger partial charge in [0.15, 0.2) is 0 Å². The first-order valence-corrected chi connectivity index (χ1v) is 20.1. The van der Waals surface area contributed by atoms with Gasteiger partial charge >= 0.3 is 19.5 Å². The largest absolute Gasteiger partial charge is 1.00 e. The van der Waals surface area contributed by atoms with E-state index in [0.29, 0.717) is 24.0 Å². The number of rotatable bonds is 10. The van der Waals surface area contributed by atoms with Crippen LogP contribution in [-0.4, -0.2) is 35.2 Å². The van der Waals surface area contributed by atoms with Gasteiger partial charge in [0.05, 0.1) is 0 Å². The van der Waals surface area contributed by atoms with E-state index in [-0.39, 0.29) is 19.5 Å². The van der Waals surface area contributed by atoms with Crippen LogP contribution in [0, 0.1) is 44.2 Å². The molecule has 53 heavy (non-hydrogen) atoms. The molecule has 1 saturated heterocycles. The molecule has 6 rings (SSSR count). The third-order valence-corrected chi connectivity index (χ3v) is 11.3. The molecule has 1 radical (unpaired) electrons. The van der Waals surface area contributed by atoms with Crippen molar-refractivity contribution in [1.82, 2.24) is 4.90 Å². The summed E-state index contributed by atoms with van der Waals surface area (Å²) in [6, 6.07) is 22.5. The van der Waals surface area contributed by atoms with Gasteiger partial charge in [0.25, 0.3) is 0 Å². The van der Waals surface area contributed by atoms with Crippen LogP contribution in [0.25, 0.3) is 6.08 Å². The van der Waals surface area contributed by atoms with Gasteiger partial charge in [-0.15, -0.1) is 0 Å². The van der Waals surface area contributed by atoms with E-state index in [1.807, 2.05) is 67.6 Å². The number of aliphatic hydroxyl groups excluding tert-OH is 1. The van der Waals surface area contributed by atoms with Crippen molar-refractivity contribution in [3.05, 3.63) is 114 Å². The molecule has 0 spiro atoms. The maximum atomic E-state index is 8.07. The van der Waals surface area contributed by atoms with Crippen LogP contribution in [0.4, 0.5) is 5.69 Å². The zero-order valence-corrected chi connectivity index (χ0v) is 36.1. The fourth-order valence-corrected chi connectivity index (χ4v) is 8.64. The quantitative estimate of drug-likeness (QED) is 0.126. The molecule has 1 heterocycles. The minimum absolute atomic E-state index is 0. The molecule has 1 aliphatic heterocycles. The molecule has 2 bridgehead atoms. The van der Waals surface area contributed by atoms with Gasteiger partial charge in [-0.25, -0.2) is 0 Å². The van der Waals surface area contributed by atoms with Gasteiger partial charge in [0.2, 0.25) is 0 Å². The van der Waals surface area contributed by atoms with Crippen LogP contribution in [0.15, 0.2) is 85.0 Å². The molecular formula is C48H69N2O2Ru. The number of hydrogen-bond acceptors (Lipinski definition) is 4. The molecule has 5 heteroatoms. The molecule has 2 saturated carbocycles. The molecule has 0 amide bonds. The molecule has 2 aliphatic carbocycles. The molecule has 2 atom stereocenters. The fourth-order valence-electron chi connectivity index (χ4n) is 8.64. The first-order valence-electron chi connectivity index (χ1n) is 20.1. The van der Waals surface area contributed by atoms with Gasteiger partial charge in [0.1, 0.15) is 11.5 Å². The zero-order chi connectivity index (χ0) is 37.8. The Kier molecular flexibility index (Phi) is 18.0. The van der Waals surface area contributed by atoms with Gasteiger partial charge in [-0.3, -0.25) is 0 Å². The van der Waals surface area contributed by atoms with Gasteiger partial charge in [-0.05, 0) is 153 Å². The summed E-state index contributed by atoms with van der Waals surface area (Å²) < 4.78 is 5.71. The Hall–Kier alpha value is -2.72.